The van der Waals surface area contributed by atoms with E-state index in [1.165, 1.54) is 11.1 Å². The van der Waals surface area contributed by atoms with Gasteiger partial charge >= 0.3 is 5.97 Å². The van der Waals surface area contributed by atoms with Crippen LogP contribution in [0, 0.1) is 0 Å². The lowest BCUT2D eigenvalue weighted by atomic mass is 10.1. The van der Waals surface area contributed by atoms with Gasteiger partial charge < -0.3 is 5.11 Å². The van der Waals surface area contributed by atoms with E-state index in [1.807, 2.05) is 42.5 Å². The maximum absolute atomic E-state index is 10.7. The van der Waals surface area contributed by atoms with Crippen LogP contribution in [0.3, 0.4) is 0 Å². The van der Waals surface area contributed by atoms with Gasteiger partial charge in [0.25, 0.3) is 0 Å². The molecule has 0 radical (unpaired) electrons. The Labute approximate surface area is 133 Å². The molecule has 0 spiro atoms. The first-order chi connectivity index (χ1) is 10.0. The summed E-state index contributed by atoms with van der Waals surface area (Å²) in [5.74, 6) is -0.797. The van der Waals surface area contributed by atoms with Crippen LogP contribution in [0.25, 0.3) is 0 Å². The van der Waals surface area contributed by atoms with Gasteiger partial charge in [-0.05, 0) is 29.8 Å². The van der Waals surface area contributed by atoms with Crippen molar-refractivity contribution in [3.05, 3.63) is 69.7 Å². The first-order valence-electron chi connectivity index (χ1n) is 6.76. The molecule has 0 unspecified atom stereocenters. The molecular weight excluding hydrogens is 330 g/mol. The van der Waals surface area contributed by atoms with Crippen molar-refractivity contribution in [2.45, 2.75) is 19.5 Å². The maximum atomic E-state index is 10.7. The summed E-state index contributed by atoms with van der Waals surface area (Å²) in [6.45, 7) is 1.69. The van der Waals surface area contributed by atoms with Crippen molar-refractivity contribution in [2.75, 3.05) is 7.05 Å². The highest BCUT2D eigenvalue weighted by Gasteiger charge is 2.05. The van der Waals surface area contributed by atoms with E-state index >= 15 is 0 Å². The summed E-state index contributed by atoms with van der Waals surface area (Å²) in [7, 11) is 2.07. The number of carboxylic acid groups (broad SMARTS) is 1. The minimum Gasteiger partial charge on any atom is -0.481 e. The molecule has 0 aliphatic rings. The second-order valence-electron chi connectivity index (χ2n) is 5.15. The minimum absolute atomic E-state index is 0.0765. The van der Waals surface area contributed by atoms with Crippen LogP contribution in [0.5, 0.6) is 0 Å². The molecule has 0 aliphatic heterocycles. The molecule has 21 heavy (non-hydrogen) atoms. The number of carboxylic acids is 1. The molecule has 2 aromatic rings. The van der Waals surface area contributed by atoms with Gasteiger partial charge in [-0.1, -0.05) is 58.4 Å². The van der Waals surface area contributed by atoms with Crippen LogP contribution in [-0.2, 0) is 24.3 Å². The Morgan fingerprint density at radius 1 is 1.05 bits per heavy atom. The van der Waals surface area contributed by atoms with Crippen molar-refractivity contribution < 1.29 is 9.90 Å². The van der Waals surface area contributed by atoms with E-state index in [4.69, 9.17) is 5.11 Å². The first kappa shape index (κ1) is 15.7. The van der Waals surface area contributed by atoms with Gasteiger partial charge in [0.1, 0.15) is 0 Å². The van der Waals surface area contributed by atoms with Gasteiger partial charge in [-0.25, -0.2) is 0 Å². The Bertz CT molecular complexity index is 610. The first-order valence-corrected chi connectivity index (χ1v) is 7.55. The average Bonchev–Trinajstić information content (AvgIpc) is 2.43. The van der Waals surface area contributed by atoms with Crippen molar-refractivity contribution in [1.82, 2.24) is 4.90 Å². The van der Waals surface area contributed by atoms with Gasteiger partial charge in [-0.2, -0.15) is 0 Å². The summed E-state index contributed by atoms with van der Waals surface area (Å²) in [5.41, 5.74) is 3.26. The molecule has 2 rings (SSSR count). The van der Waals surface area contributed by atoms with Crippen LogP contribution in [0.15, 0.2) is 53.0 Å². The number of hydrogen-bond acceptors (Lipinski definition) is 2. The molecule has 1 N–H and O–H groups in total. The number of rotatable bonds is 6. The van der Waals surface area contributed by atoms with Gasteiger partial charge in [0.05, 0.1) is 6.42 Å². The molecule has 0 heterocycles. The highest BCUT2D eigenvalue weighted by Crippen LogP contribution is 2.18. The van der Waals surface area contributed by atoms with Crippen molar-refractivity contribution >= 4 is 21.9 Å². The predicted octanol–water partition coefficient (Wildman–Crippen LogP) is 3.71. The van der Waals surface area contributed by atoms with Crippen molar-refractivity contribution in [3.8, 4) is 0 Å². The smallest absolute Gasteiger partial charge is 0.307 e. The largest absolute Gasteiger partial charge is 0.481 e. The highest BCUT2D eigenvalue weighted by atomic mass is 79.9. The fraction of sp³-hybridized carbons (Fsp3) is 0.235. The Kier molecular flexibility index (Phi) is 5.53. The van der Waals surface area contributed by atoms with E-state index in [2.05, 4.69) is 33.9 Å². The second kappa shape index (κ2) is 7.38. The van der Waals surface area contributed by atoms with Gasteiger partial charge in [-0.15, -0.1) is 0 Å². The molecule has 0 saturated carbocycles. The molecule has 0 atom stereocenters. The van der Waals surface area contributed by atoms with Gasteiger partial charge in [-0.3, -0.25) is 9.69 Å². The number of carbonyl (C=O) groups is 1. The second-order valence-corrected chi connectivity index (χ2v) is 6.01. The van der Waals surface area contributed by atoms with Gasteiger partial charge in [0.2, 0.25) is 0 Å². The summed E-state index contributed by atoms with van der Waals surface area (Å²) in [6.07, 6.45) is 0.0765. The van der Waals surface area contributed by atoms with Gasteiger partial charge in [0.15, 0.2) is 0 Å². The molecule has 4 heteroatoms. The lowest BCUT2D eigenvalue weighted by Crippen LogP contribution is -2.17. The molecule has 3 nitrogen and oxygen atoms in total. The fourth-order valence-electron chi connectivity index (χ4n) is 2.22. The number of nitrogens with zero attached hydrogens (tertiary/aromatic N) is 1. The van der Waals surface area contributed by atoms with Gasteiger partial charge in [0, 0.05) is 17.6 Å². The number of halogens is 1. The Morgan fingerprint density at radius 2 is 1.67 bits per heavy atom. The standard InChI is InChI=1S/C17H18BrNO2/c1-19(12-15-4-2-3-5-16(15)18)11-14-8-6-13(7-9-14)10-17(20)21/h2-9H,10-12H2,1H3,(H,20,21). The topological polar surface area (TPSA) is 40.5 Å². The summed E-state index contributed by atoms with van der Waals surface area (Å²) < 4.78 is 1.12. The summed E-state index contributed by atoms with van der Waals surface area (Å²) in [6, 6.07) is 16.0. The Hall–Kier alpha value is -1.65. The molecule has 0 aromatic heterocycles. The maximum Gasteiger partial charge on any atom is 0.307 e. The quantitative estimate of drug-likeness (QED) is 0.865. The summed E-state index contributed by atoms with van der Waals surface area (Å²) >= 11 is 3.56. The van der Waals surface area contributed by atoms with Crippen molar-refractivity contribution in [2.24, 2.45) is 0 Å². The minimum atomic E-state index is -0.797. The van der Waals surface area contributed by atoms with E-state index in [0.29, 0.717) is 0 Å². The molecule has 110 valence electrons. The monoisotopic (exact) mass is 347 g/mol. The summed E-state index contributed by atoms with van der Waals surface area (Å²) in [4.78, 5) is 12.9. The van der Waals surface area contributed by atoms with Crippen LogP contribution in [0.2, 0.25) is 0 Å². The molecule has 0 amide bonds. The lowest BCUT2D eigenvalue weighted by Gasteiger charge is -2.18. The normalized spacial score (nSPS) is 10.8. The Morgan fingerprint density at radius 3 is 2.29 bits per heavy atom. The fourth-order valence-corrected chi connectivity index (χ4v) is 2.63. The van der Waals surface area contributed by atoms with Crippen molar-refractivity contribution in [1.29, 1.82) is 0 Å². The number of benzene rings is 2. The average molecular weight is 348 g/mol. The third-order valence-electron chi connectivity index (χ3n) is 3.23. The van der Waals surface area contributed by atoms with Crippen LogP contribution in [0.1, 0.15) is 16.7 Å². The number of hydrogen-bond donors (Lipinski definition) is 1. The molecule has 0 saturated heterocycles. The zero-order valence-corrected chi connectivity index (χ0v) is 13.5. The molecule has 2 aromatic carbocycles. The van der Waals surface area contributed by atoms with Crippen LogP contribution in [-0.4, -0.2) is 23.0 Å². The van der Waals surface area contributed by atoms with Crippen molar-refractivity contribution in [3.63, 3.8) is 0 Å². The van der Waals surface area contributed by atoms with E-state index in [-0.39, 0.29) is 6.42 Å². The van der Waals surface area contributed by atoms with Crippen LogP contribution in [0.4, 0.5) is 0 Å². The molecular formula is C17H18BrNO2. The molecule has 0 bridgehead atoms. The van der Waals surface area contributed by atoms with Crippen LogP contribution < -0.4 is 0 Å². The van der Waals surface area contributed by atoms with E-state index in [0.717, 1.165) is 23.1 Å². The third kappa shape index (κ3) is 4.99. The molecule has 0 fully saturated rings. The zero-order valence-electron chi connectivity index (χ0n) is 11.9. The molecule has 0 aliphatic carbocycles. The zero-order chi connectivity index (χ0) is 15.2. The van der Waals surface area contributed by atoms with E-state index in [9.17, 15) is 4.79 Å². The number of aliphatic carboxylic acids is 1. The SMILES string of the molecule is CN(Cc1ccc(CC(=O)O)cc1)Cc1ccccc1Br. The third-order valence-corrected chi connectivity index (χ3v) is 4.00. The predicted molar refractivity (Wildman–Crippen MR) is 87.1 cm³/mol. The van der Waals surface area contributed by atoms with E-state index < -0.39 is 5.97 Å². The Balaban J connectivity index is 1.95. The van der Waals surface area contributed by atoms with E-state index in [1.54, 1.807) is 0 Å². The lowest BCUT2D eigenvalue weighted by molar-refractivity contribution is -0.136. The van der Waals surface area contributed by atoms with Crippen LogP contribution >= 0.6 is 15.9 Å². The highest BCUT2D eigenvalue weighted by molar-refractivity contribution is 9.10. The summed E-state index contributed by atoms with van der Waals surface area (Å²) in [5, 5.41) is 8.76.